The second kappa shape index (κ2) is 6.86. The number of nitrogens with two attached hydrogens (primary N) is 1. The van der Waals surface area contributed by atoms with Crippen molar-refractivity contribution in [3.05, 3.63) is 60.6 Å². The van der Waals surface area contributed by atoms with Gasteiger partial charge in [0.1, 0.15) is 11.4 Å². The summed E-state index contributed by atoms with van der Waals surface area (Å²) in [5, 5.41) is 7.15. The first-order valence-electron chi connectivity index (χ1n) is 7.69. The van der Waals surface area contributed by atoms with Gasteiger partial charge in [-0.05, 0) is 25.1 Å². The molecule has 0 aliphatic heterocycles. The van der Waals surface area contributed by atoms with Crippen molar-refractivity contribution in [2.24, 2.45) is 5.73 Å². The summed E-state index contributed by atoms with van der Waals surface area (Å²) in [6, 6.07) is 7.81. The standard InChI is InChI=1S/C17H18FN5O2/c1-17(16(19)24,11-23-7-3-6-22-23)21-10-15-20-9-14(25-15)12-4-2-5-13(18)8-12/h2-9,21H,10-11H2,1H3,(H2,19,24). The fraction of sp³-hybridized carbons (Fsp3) is 0.235. The number of amides is 1. The largest absolute Gasteiger partial charge is 0.439 e. The number of carbonyl (C=O) groups is 1. The molecule has 7 nitrogen and oxygen atoms in total. The molecule has 3 aromatic rings. The number of benzene rings is 1. The smallest absolute Gasteiger partial charge is 0.239 e. The molecule has 1 atom stereocenters. The summed E-state index contributed by atoms with van der Waals surface area (Å²) in [4.78, 5) is 16.0. The van der Waals surface area contributed by atoms with Gasteiger partial charge in [0, 0.05) is 18.0 Å². The summed E-state index contributed by atoms with van der Waals surface area (Å²) in [5.74, 6) is -0.0506. The van der Waals surface area contributed by atoms with Gasteiger partial charge in [-0.25, -0.2) is 9.37 Å². The molecule has 0 fully saturated rings. The number of carbonyl (C=O) groups excluding carboxylic acids is 1. The highest BCUT2D eigenvalue weighted by molar-refractivity contribution is 5.84. The minimum absolute atomic E-state index is 0.191. The summed E-state index contributed by atoms with van der Waals surface area (Å²) in [7, 11) is 0. The molecule has 3 rings (SSSR count). The summed E-state index contributed by atoms with van der Waals surface area (Å²) in [6.45, 7) is 2.15. The van der Waals surface area contributed by atoms with Gasteiger partial charge in [-0.15, -0.1) is 0 Å². The van der Waals surface area contributed by atoms with Crippen LogP contribution in [0, 0.1) is 5.82 Å². The minimum atomic E-state index is -1.03. The fourth-order valence-corrected chi connectivity index (χ4v) is 2.38. The van der Waals surface area contributed by atoms with Gasteiger partial charge in [0.25, 0.3) is 0 Å². The van der Waals surface area contributed by atoms with E-state index in [4.69, 9.17) is 10.2 Å². The van der Waals surface area contributed by atoms with E-state index in [0.29, 0.717) is 17.2 Å². The molecule has 0 aliphatic rings. The number of oxazole rings is 1. The fourth-order valence-electron chi connectivity index (χ4n) is 2.38. The highest BCUT2D eigenvalue weighted by Crippen LogP contribution is 2.21. The zero-order chi connectivity index (χ0) is 17.9. The number of nitrogens with zero attached hydrogens (tertiary/aromatic N) is 3. The van der Waals surface area contributed by atoms with Crippen LogP contribution in [0.4, 0.5) is 4.39 Å². The molecular formula is C17H18FN5O2. The maximum atomic E-state index is 13.3. The third kappa shape index (κ3) is 3.92. The molecule has 3 N–H and O–H groups in total. The lowest BCUT2D eigenvalue weighted by Crippen LogP contribution is -2.55. The Bertz CT molecular complexity index is 862. The Morgan fingerprint density at radius 1 is 1.44 bits per heavy atom. The van der Waals surface area contributed by atoms with Gasteiger partial charge in [-0.3, -0.25) is 14.8 Å². The van der Waals surface area contributed by atoms with Gasteiger partial charge in [0.15, 0.2) is 5.76 Å². The van der Waals surface area contributed by atoms with Crippen LogP contribution in [0.25, 0.3) is 11.3 Å². The Hall–Kier alpha value is -3.00. The summed E-state index contributed by atoms with van der Waals surface area (Å²) in [6.07, 6.45) is 4.89. The average Bonchev–Trinajstić information content (AvgIpc) is 3.24. The van der Waals surface area contributed by atoms with Crippen molar-refractivity contribution in [1.82, 2.24) is 20.1 Å². The van der Waals surface area contributed by atoms with Crippen LogP contribution in [0.2, 0.25) is 0 Å². The van der Waals surface area contributed by atoms with Crippen LogP contribution >= 0.6 is 0 Å². The number of hydrogen-bond donors (Lipinski definition) is 2. The van der Waals surface area contributed by atoms with Crippen molar-refractivity contribution in [2.45, 2.75) is 25.6 Å². The first kappa shape index (κ1) is 16.8. The van der Waals surface area contributed by atoms with Gasteiger partial charge in [-0.2, -0.15) is 5.10 Å². The Balaban J connectivity index is 1.70. The van der Waals surface area contributed by atoms with Crippen LogP contribution in [-0.2, 0) is 17.9 Å². The minimum Gasteiger partial charge on any atom is -0.439 e. The third-order valence-electron chi connectivity index (χ3n) is 3.87. The molecule has 1 amide bonds. The molecule has 2 heterocycles. The van der Waals surface area contributed by atoms with Crippen LogP contribution in [0.15, 0.2) is 53.3 Å². The van der Waals surface area contributed by atoms with Gasteiger partial charge < -0.3 is 10.2 Å². The van der Waals surface area contributed by atoms with E-state index in [9.17, 15) is 9.18 Å². The molecule has 0 aliphatic carbocycles. The predicted molar refractivity (Wildman–Crippen MR) is 88.6 cm³/mol. The van der Waals surface area contributed by atoms with Gasteiger partial charge in [0.2, 0.25) is 11.8 Å². The van der Waals surface area contributed by atoms with E-state index < -0.39 is 11.4 Å². The highest BCUT2D eigenvalue weighted by atomic mass is 19.1. The van der Waals surface area contributed by atoms with E-state index in [0.717, 1.165) is 0 Å². The second-order valence-electron chi connectivity index (χ2n) is 5.88. The molecule has 0 spiro atoms. The van der Waals surface area contributed by atoms with Gasteiger partial charge in [-0.1, -0.05) is 12.1 Å². The predicted octanol–water partition coefficient (Wildman–Crippen LogP) is 1.71. The Morgan fingerprint density at radius 2 is 2.28 bits per heavy atom. The van der Waals surface area contributed by atoms with Crippen LogP contribution in [0.5, 0.6) is 0 Å². The van der Waals surface area contributed by atoms with E-state index in [2.05, 4.69) is 15.4 Å². The molecule has 0 bridgehead atoms. The summed E-state index contributed by atoms with van der Waals surface area (Å²) in [5.41, 5.74) is 5.09. The molecule has 2 aromatic heterocycles. The second-order valence-corrected chi connectivity index (χ2v) is 5.88. The molecule has 8 heteroatoms. The third-order valence-corrected chi connectivity index (χ3v) is 3.87. The Kier molecular flexibility index (Phi) is 4.62. The average molecular weight is 343 g/mol. The molecule has 1 unspecified atom stereocenters. The van der Waals surface area contributed by atoms with Crippen LogP contribution in [0.3, 0.4) is 0 Å². The van der Waals surface area contributed by atoms with Crippen molar-refractivity contribution in [3.8, 4) is 11.3 Å². The van der Waals surface area contributed by atoms with E-state index in [1.165, 1.54) is 18.3 Å². The topological polar surface area (TPSA) is 99.0 Å². The molecule has 130 valence electrons. The van der Waals surface area contributed by atoms with Crippen LogP contribution < -0.4 is 11.1 Å². The van der Waals surface area contributed by atoms with E-state index >= 15 is 0 Å². The monoisotopic (exact) mass is 343 g/mol. The molecule has 1 aromatic carbocycles. The Morgan fingerprint density at radius 3 is 2.96 bits per heavy atom. The quantitative estimate of drug-likeness (QED) is 0.680. The lowest BCUT2D eigenvalue weighted by molar-refractivity contribution is -0.124. The van der Waals surface area contributed by atoms with Gasteiger partial charge >= 0.3 is 0 Å². The van der Waals surface area contributed by atoms with Gasteiger partial charge in [0.05, 0.1) is 19.3 Å². The molecule has 0 saturated heterocycles. The summed E-state index contributed by atoms with van der Waals surface area (Å²) < 4.78 is 20.5. The van der Waals surface area contributed by atoms with Crippen molar-refractivity contribution >= 4 is 5.91 Å². The lowest BCUT2D eigenvalue weighted by Gasteiger charge is -2.26. The Labute approximate surface area is 143 Å². The molecule has 25 heavy (non-hydrogen) atoms. The molecule has 0 radical (unpaired) electrons. The van der Waals surface area contributed by atoms with E-state index in [-0.39, 0.29) is 18.9 Å². The van der Waals surface area contributed by atoms with E-state index in [1.807, 2.05) is 0 Å². The maximum Gasteiger partial charge on any atom is 0.239 e. The zero-order valence-corrected chi connectivity index (χ0v) is 13.6. The molecular weight excluding hydrogens is 325 g/mol. The maximum absolute atomic E-state index is 13.3. The lowest BCUT2D eigenvalue weighted by atomic mass is 10.0. The van der Waals surface area contributed by atoms with Crippen molar-refractivity contribution in [1.29, 1.82) is 0 Å². The normalized spacial score (nSPS) is 13.5. The first-order chi connectivity index (χ1) is 12.0. The number of primary amides is 1. The number of hydrogen-bond acceptors (Lipinski definition) is 5. The highest BCUT2D eigenvalue weighted by Gasteiger charge is 2.31. The number of aromatic nitrogens is 3. The SMILES string of the molecule is CC(Cn1cccn1)(NCc1ncc(-c2cccc(F)c2)o1)C(N)=O. The van der Waals surface area contributed by atoms with Crippen LogP contribution in [-0.4, -0.2) is 26.2 Å². The first-order valence-corrected chi connectivity index (χ1v) is 7.69. The van der Waals surface area contributed by atoms with E-state index in [1.54, 1.807) is 42.2 Å². The zero-order valence-electron chi connectivity index (χ0n) is 13.6. The van der Waals surface area contributed by atoms with Crippen molar-refractivity contribution < 1.29 is 13.6 Å². The molecule has 0 saturated carbocycles. The number of halogens is 1. The van der Waals surface area contributed by atoms with Crippen molar-refractivity contribution in [3.63, 3.8) is 0 Å². The number of nitrogens with one attached hydrogen (secondary N) is 1. The van der Waals surface area contributed by atoms with Crippen LogP contribution in [0.1, 0.15) is 12.8 Å². The number of rotatable bonds is 7. The van der Waals surface area contributed by atoms with Crippen molar-refractivity contribution in [2.75, 3.05) is 0 Å². The summed E-state index contributed by atoms with van der Waals surface area (Å²) >= 11 is 0.